The third-order valence-electron chi connectivity index (χ3n) is 3.52. The molecule has 3 unspecified atom stereocenters. The fourth-order valence-electron chi connectivity index (χ4n) is 2.12. The monoisotopic (exact) mass is 304 g/mol. The first-order valence-corrected chi connectivity index (χ1v) is 6.45. The van der Waals surface area contributed by atoms with Crippen LogP contribution in [0.1, 0.15) is 24.8 Å². The standard InChI is InChI=1S/C14H18F2N2O.ClH/c1-8(6-17)7-18-14(19)12-5-11(12)10-3-2-9(15)4-13(10)16;/h2-4,8,11-12H,5-7,17H2,1H3,(H,18,19);1H. The molecule has 6 heteroatoms. The molecule has 0 saturated heterocycles. The molecule has 1 saturated carbocycles. The number of halogens is 3. The molecule has 0 aliphatic heterocycles. The van der Waals surface area contributed by atoms with E-state index in [-0.39, 0.29) is 36.1 Å². The summed E-state index contributed by atoms with van der Waals surface area (Å²) in [6.07, 6.45) is 0.616. The maximum atomic E-state index is 13.6. The van der Waals surface area contributed by atoms with Crippen LogP contribution < -0.4 is 11.1 Å². The smallest absolute Gasteiger partial charge is 0.223 e. The normalized spacial score (nSPS) is 21.8. The maximum absolute atomic E-state index is 13.6. The highest BCUT2D eigenvalue weighted by atomic mass is 35.5. The van der Waals surface area contributed by atoms with Gasteiger partial charge in [-0.05, 0) is 36.4 Å². The topological polar surface area (TPSA) is 55.1 Å². The van der Waals surface area contributed by atoms with Crippen molar-refractivity contribution in [1.82, 2.24) is 5.32 Å². The van der Waals surface area contributed by atoms with E-state index < -0.39 is 11.6 Å². The molecule has 2 rings (SSSR count). The number of amides is 1. The molecule has 0 radical (unpaired) electrons. The molecule has 0 bridgehead atoms. The van der Waals surface area contributed by atoms with Gasteiger partial charge in [-0.1, -0.05) is 13.0 Å². The third kappa shape index (κ3) is 3.90. The van der Waals surface area contributed by atoms with Crippen LogP contribution in [0.2, 0.25) is 0 Å². The van der Waals surface area contributed by atoms with Crippen molar-refractivity contribution in [3.63, 3.8) is 0 Å². The number of nitrogens with one attached hydrogen (secondary N) is 1. The van der Waals surface area contributed by atoms with Crippen LogP contribution in [0.25, 0.3) is 0 Å². The molecule has 0 spiro atoms. The molecule has 1 aromatic carbocycles. The van der Waals surface area contributed by atoms with Crippen LogP contribution in [-0.4, -0.2) is 19.0 Å². The van der Waals surface area contributed by atoms with E-state index in [1.165, 1.54) is 12.1 Å². The molecular formula is C14H19ClF2N2O. The van der Waals surface area contributed by atoms with Crippen LogP contribution in [0.15, 0.2) is 18.2 Å². The summed E-state index contributed by atoms with van der Waals surface area (Å²) in [6, 6.07) is 3.51. The second-order valence-corrected chi connectivity index (χ2v) is 5.20. The van der Waals surface area contributed by atoms with Crippen molar-refractivity contribution in [2.24, 2.45) is 17.6 Å². The summed E-state index contributed by atoms with van der Waals surface area (Å²) in [7, 11) is 0. The molecule has 1 aliphatic carbocycles. The van der Waals surface area contributed by atoms with Crippen LogP contribution in [-0.2, 0) is 4.79 Å². The van der Waals surface area contributed by atoms with Gasteiger partial charge in [0.25, 0.3) is 0 Å². The van der Waals surface area contributed by atoms with E-state index in [0.717, 1.165) is 6.07 Å². The second kappa shape index (κ2) is 6.99. The fraction of sp³-hybridized carbons (Fsp3) is 0.500. The summed E-state index contributed by atoms with van der Waals surface area (Å²) in [6.45, 7) is 3.00. The molecule has 3 nitrogen and oxygen atoms in total. The van der Waals surface area contributed by atoms with Crippen LogP contribution >= 0.6 is 12.4 Å². The van der Waals surface area contributed by atoms with Crippen molar-refractivity contribution in [1.29, 1.82) is 0 Å². The Bertz CT molecular complexity index is 484. The Kier molecular flexibility index (Phi) is 5.89. The van der Waals surface area contributed by atoms with E-state index in [0.29, 0.717) is 25.1 Å². The number of hydrogen-bond donors (Lipinski definition) is 2. The molecule has 3 atom stereocenters. The number of nitrogens with two attached hydrogens (primary N) is 1. The Morgan fingerprint density at radius 3 is 2.80 bits per heavy atom. The lowest BCUT2D eigenvalue weighted by molar-refractivity contribution is -0.122. The summed E-state index contributed by atoms with van der Waals surface area (Å²) >= 11 is 0. The summed E-state index contributed by atoms with van der Waals surface area (Å²) in [5.41, 5.74) is 5.89. The SMILES string of the molecule is CC(CN)CNC(=O)C1CC1c1ccc(F)cc1F.Cl. The highest BCUT2D eigenvalue weighted by molar-refractivity contribution is 5.85. The Morgan fingerprint density at radius 2 is 2.20 bits per heavy atom. The zero-order valence-electron chi connectivity index (χ0n) is 11.2. The van der Waals surface area contributed by atoms with E-state index in [2.05, 4.69) is 5.32 Å². The van der Waals surface area contributed by atoms with Crippen LogP contribution in [0, 0.1) is 23.5 Å². The predicted molar refractivity (Wildman–Crippen MR) is 75.7 cm³/mol. The minimum atomic E-state index is -0.598. The van der Waals surface area contributed by atoms with Gasteiger partial charge in [0.05, 0.1) is 0 Å². The molecule has 1 aromatic rings. The number of carbonyl (C=O) groups is 1. The first-order chi connectivity index (χ1) is 9.02. The van der Waals surface area contributed by atoms with E-state index in [1.54, 1.807) is 0 Å². The van der Waals surface area contributed by atoms with Crippen molar-refractivity contribution >= 4 is 18.3 Å². The van der Waals surface area contributed by atoms with E-state index in [9.17, 15) is 13.6 Å². The average molecular weight is 305 g/mol. The highest BCUT2D eigenvalue weighted by Crippen LogP contribution is 2.48. The van der Waals surface area contributed by atoms with Gasteiger partial charge in [-0.15, -0.1) is 12.4 Å². The molecule has 0 aromatic heterocycles. The van der Waals surface area contributed by atoms with Crippen molar-refractivity contribution in [3.8, 4) is 0 Å². The summed E-state index contributed by atoms with van der Waals surface area (Å²) in [5.74, 6) is -1.35. The fourth-order valence-corrected chi connectivity index (χ4v) is 2.12. The Labute approximate surface area is 123 Å². The zero-order valence-corrected chi connectivity index (χ0v) is 12.1. The molecular weight excluding hydrogens is 286 g/mol. The summed E-state index contributed by atoms with van der Waals surface area (Å²) < 4.78 is 26.4. The lowest BCUT2D eigenvalue weighted by atomic mass is 10.1. The van der Waals surface area contributed by atoms with Gasteiger partial charge in [-0.25, -0.2) is 8.78 Å². The largest absolute Gasteiger partial charge is 0.356 e. The predicted octanol–water partition coefficient (Wildman–Crippen LogP) is 2.20. The van der Waals surface area contributed by atoms with Gasteiger partial charge in [-0.2, -0.15) is 0 Å². The van der Waals surface area contributed by atoms with Gasteiger partial charge in [0.1, 0.15) is 11.6 Å². The minimum absolute atomic E-state index is 0. The lowest BCUT2D eigenvalue weighted by Crippen LogP contribution is -2.32. The Balaban J connectivity index is 0.00000200. The number of rotatable bonds is 5. The molecule has 1 aliphatic rings. The minimum Gasteiger partial charge on any atom is -0.356 e. The number of carbonyl (C=O) groups excluding carboxylic acids is 1. The first kappa shape index (κ1) is 16.9. The van der Waals surface area contributed by atoms with E-state index in [4.69, 9.17) is 5.73 Å². The molecule has 112 valence electrons. The average Bonchev–Trinajstić information content (AvgIpc) is 3.15. The van der Waals surface area contributed by atoms with Gasteiger partial charge >= 0.3 is 0 Å². The van der Waals surface area contributed by atoms with Crippen LogP contribution in [0.5, 0.6) is 0 Å². The van der Waals surface area contributed by atoms with Gasteiger partial charge in [0, 0.05) is 18.5 Å². The third-order valence-corrected chi connectivity index (χ3v) is 3.52. The van der Waals surface area contributed by atoms with E-state index >= 15 is 0 Å². The van der Waals surface area contributed by atoms with E-state index in [1.807, 2.05) is 6.92 Å². The molecule has 3 N–H and O–H groups in total. The Morgan fingerprint density at radius 1 is 1.50 bits per heavy atom. The number of hydrogen-bond acceptors (Lipinski definition) is 2. The summed E-state index contributed by atoms with van der Waals surface area (Å²) in [5, 5.41) is 2.81. The molecule has 20 heavy (non-hydrogen) atoms. The van der Waals surface area contributed by atoms with Crippen LogP contribution in [0.4, 0.5) is 8.78 Å². The molecule has 0 heterocycles. The van der Waals surface area contributed by atoms with Gasteiger partial charge in [0.2, 0.25) is 5.91 Å². The quantitative estimate of drug-likeness (QED) is 0.876. The second-order valence-electron chi connectivity index (χ2n) is 5.20. The van der Waals surface area contributed by atoms with Crippen molar-refractivity contribution < 1.29 is 13.6 Å². The van der Waals surface area contributed by atoms with Crippen molar-refractivity contribution in [3.05, 3.63) is 35.4 Å². The highest BCUT2D eigenvalue weighted by Gasteiger charge is 2.45. The van der Waals surface area contributed by atoms with Crippen molar-refractivity contribution in [2.45, 2.75) is 19.3 Å². The maximum Gasteiger partial charge on any atom is 0.223 e. The lowest BCUT2D eigenvalue weighted by Gasteiger charge is -2.10. The molecule has 1 fully saturated rings. The van der Waals surface area contributed by atoms with Gasteiger partial charge < -0.3 is 11.1 Å². The summed E-state index contributed by atoms with van der Waals surface area (Å²) in [4.78, 5) is 11.8. The Hall–Kier alpha value is -1.20. The number of benzene rings is 1. The molecule has 1 amide bonds. The van der Waals surface area contributed by atoms with Crippen molar-refractivity contribution in [2.75, 3.05) is 13.1 Å². The zero-order chi connectivity index (χ0) is 14.0. The first-order valence-electron chi connectivity index (χ1n) is 6.45. The van der Waals surface area contributed by atoms with Crippen LogP contribution in [0.3, 0.4) is 0 Å². The van der Waals surface area contributed by atoms with Gasteiger partial charge in [0.15, 0.2) is 0 Å². The van der Waals surface area contributed by atoms with Gasteiger partial charge in [-0.3, -0.25) is 4.79 Å².